The fourth-order valence-electron chi connectivity index (χ4n) is 1.85. The third kappa shape index (κ3) is 2.07. The fraction of sp³-hybridized carbons (Fsp3) is 0.133. The molecule has 0 atom stereocenters. The highest BCUT2D eigenvalue weighted by Crippen LogP contribution is 2.26. The number of benzene rings is 2. The van der Waals surface area contributed by atoms with Crippen molar-refractivity contribution in [3.63, 3.8) is 0 Å². The topological polar surface area (TPSA) is 57.5 Å². The van der Waals surface area contributed by atoms with Crippen LogP contribution in [-0.2, 0) is 0 Å². The van der Waals surface area contributed by atoms with E-state index in [1.807, 2.05) is 26.0 Å². The van der Waals surface area contributed by atoms with Gasteiger partial charge in [0, 0.05) is 11.6 Å². The second kappa shape index (κ2) is 4.53. The van der Waals surface area contributed by atoms with Gasteiger partial charge in [0.25, 0.3) is 0 Å². The largest absolute Gasteiger partial charge is 0.508 e. The average Bonchev–Trinajstić information content (AvgIpc) is 2.32. The zero-order chi connectivity index (χ0) is 13.3. The van der Waals surface area contributed by atoms with E-state index < -0.39 is 0 Å². The molecule has 92 valence electrons. The lowest BCUT2D eigenvalue weighted by Gasteiger charge is -2.09. The molecule has 0 unspecified atom stereocenters. The number of phenols is 2. The molecule has 0 radical (unpaired) electrons. The van der Waals surface area contributed by atoms with Crippen molar-refractivity contribution < 1.29 is 15.0 Å². The van der Waals surface area contributed by atoms with Crippen LogP contribution in [-0.4, -0.2) is 16.0 Å². The third-order valence-corrected chi connectivity index (χ3v) is 3.08. The van der Waals surface area contributed by atoms with Crippen LogP contribution in [0.25, 0.3) is 0 Å². The Bertz CT molecular complexity index is 615. The second-order valence-electron chi connectivity index (χ2n) is 4.28. The van der Waals surface area contributed by atoms with Crippen LogP contribution < -0.4 is 0 Å². The summed E-state index contributed by atoms with van der Waals surface area (Å²) in [5, 5.41) is 18.9. The van der Waals surface area contributed by atoms with E-state index in [0.29, 0.717) is 5.56 Å². The molecule has 2 N–H and O–H groups in total. The van der Waals surface area contributed by atoms with Crippen molar-refractivity contribution in [2.24, 2.45) is 0 Å². The van der Waals surface area contributed by atoms with Crippen LogP contribution in [0.15, 0.2) is 36.4 Å². The van der Waals surface area contributed by atoms with Gasteiger partial charge in [-0.15, -0.1) is 0 Å². The van der Waals surface area contributed by atoms with E-state index >= 15 is 0 Å². The van der Waals surface area contributed by atoms with Gasteiger partial charge in [0.2, 0.25) is 0 Å². The summed E-state index contributed by atoms with van der Waals surface area (Å²) in [6.45, 7) is 3.81. The molecule has 2 aromatic rings. The van der Waals surface area contributed by atoms with E-state index in [2.05, 4.69) is 0 Å². The number of aryl methyl sites for hydroxylation is 1. The minimum atomic E-state index is -0.242. The third-order valence-electron chi connectivity index (χ3n) is 3.08. The highest BCUT2D eigenvalue weighted by molar-refractivity contribution is 6.11. The molecule has 3 heteroatoms. The maximum absolute atomic E-state index is 12.3. The molecular formula is C15H14O3. The number of phenolic OH excluding ortho intramolecular Hbond substituents is 2. The summed E-state index contributed by atoms with van der Waals surface area (Å²) in [6, 6.07) is 9.46. The SMILES string of the molecule is Cc1cccc(C(=O)c2ccc(O)cc2O)c1C. The number of carbonyl (C=O) groups excluding carboxylic acids is 1. The number of ketones is 1. The molecule has 0 spiro atoms. The normalized spacial score (nSPS) is 10.3. The Morgan fingerprint density at radius 3 is 2.39 bits per heavy atom. The maximum atomic E-state index is 12.3. The van der Waals surface area contributed by atoms with E-state index in [1.54, 1.807) is 6.07 Å². The number of aromatic hydroxyl groups is 2. The van der Waals surface area contributed by atoms with E-state index in [-0.39, 0.29) is 22.8 Å². The van der Waals surface area contributed by atoms with E-state index in [4.69, 9.17) is 0 Å². The van der Waals surface area contributed by atoms with Crippen LogP contribution >= 0.6 is 0 Å². The lowest BCUT2D eigenvalue weighted by molar-refractivity contribution is 0.103. The summed E-state index contributed by atoms with van der Waals surface area (Å²) in [6.07, 6.45) is 0. The molecule has 0 amide bonds. The molecule has 0 aromatic heterocycles. The van der Waals surface area contributed by atoms with Gasteiger partial charge in [0.15, 0.2) is 5.78 Å². The fourth-order valence-corrected chi connectivity index (χ4v) is 1.85. The van der Waals surface area contributed by atoms with Gasteiger partial charge in [-0.25, -0.2) is 0 Å². The Hall–Kier alpha value is -2.29. The lowest BCUT2D eigenvalue weighted by atomic mass is 9.96. The first kappa shape index (κ1) is 12.2. The van der Waals surface area contributed by atoms with Gasteiger partial charge in [0.05, 0.1) is 5.56 Å². The van der Waals surface area contributed by atoms with Gasteiger partial charge >= 0.3 is 0 Å². The highest BCUT2D eigenvalue weighted by atomic mass is 16.3. The molecule has 0 saturated carbocycles. The minimum absolute atomic E-state index is 0.0648. The summed E-state index contributed by atoms with van der Waals surface area (Å²) < 4.78 is 0. The smallest absolute Gasteiger partial charge is 0.197 e. The molecule has 18 heavy (non-hydrogen) atoms. The van der Waals surface area contributed by atoms with Crippen molar-refractivity contribution >= 4 is 5.78 Å². The summed E-state index contributed by atoms with van der Waals surface area (Å²) in [7, 11) is 0. The average molecular weight is 242 g/mol. The second-order valence-corrected chi connectivity index (χ2v) is 4.28. The van der Waals surface area contributed by atoms with Gasteiger partial charge in [-0.1, -0.05) is 18.2 Å². The molecule has 0 bridgehead atoms. The van der Waals surface area contributed by atoms with Crippen LogP contribution in [0.5, 0.6) is 11.5 Å². The Kier molecular flexibility index (Phi) is 3.06. The van der Waals surface area contributed by atoms with Crippen LogP contribution in [0.2, 0.25) is 0 Å². The zero-order valence-electron chi connectivity index (χ0n) is 10.3. The van der Waals surface area contributed by atoms with Crippen molar-refractivity contribution in [1.82, 2.24) is 0 Å². The van der Waals surface area contributed by atoms with Crippen molar-refractivity contribution in [2.45, 2.75) is 13.8 Å². The molecule has 2 rings (SSSR count). The monoisotopic (exact) mass is 242 g/mol. The minimum Gasteiger partial charge on any atom is -0.508 e. The first-order valence-electron chi connectivity index (χ1n) is 5.63. The Balaban J connectivity index is 2.51. The number of hydrogen-bond donors (Lipinski definition) is 2. The van der Waals surface area contributed by atoms with Crippen LogP contribution in [0.4, 0.5) is 0 Å². The van der Waals surface area contributed by atoms with Crippen LogP contribution in [0, 0.1) is 13.8 Å². The van der Waals surface area contributed by atoms with Crippen LogP contribution in [0.1, 0.15) is 27.0 Å². The van der Waals surface area contributed by atoms with Gasteiger partial charge in [-0.05, 0) is 37.1 Å². The van der Waals surface area contributed by atoms with Gasteiger partial charge < -0.3 is 10.2 Å². The number of hydrogen-bond acceptors (Lipinski definition) is 3. The molecule has 3 nitrogen and oxygen atoms in total. The zero-order valence-corrected chi connectivity index (χ0v) is 10.3. The first-order valence-corrected chi connectivity index (χ1v) is 5.63. The molecule has 0 aliphatic heterocycles. The van der Waals surface area contributed by atoms with Crippen molar-refractivity contribution in [3.8, 4) is 11.5 Å². The molecule has 0 fully saturated rings. The van der Waals surface area contributed by atoms with Crippen molar-refractivity contribution in [2.75, 3.05) is 0 Å². The lowest BCUT2D eigenvalue weighted by Crippen LogP contribution is -2.04. The standard InChI is InChI=1S/C15H14O3/c1-9-4-3-5-12(10(9)2)15(18)13-7-6-11(16)8-14(13)17/h3-8,16-17H,1-2H3. The highest BCUT2D eigenvalue weighted by Gasteiger charge is 2.16. The molecule has 0 aliphatic carbocycles. The van der Waals surface area contributed by atoms with Gasteiger partial charge in [0.1, 0.15) is 11.5 Å². The first-order chi connectivity index (χ1) is 8.50. The predicted molar refractivity (Wildman–Crippen MR) is 69.1 cm³/mol. The maximum Gasteiger partial charge on any atom is 0.197 e. The van der Waals surface area contributed by atoms with E-state index in [0.717, 1.165) is 11.1 Å². The molecule has 2 aromatic carbocycles. The van der Waals surface area contributed by atoms with Crippen molar-refractivity contribution in [3.05, 3.63) is 58.7 Å². The molecule has 0 aliphatic rings. The Labute approximate surface area is 105 Å². The summed E-state index contributed by atoms with van der Waals surface area (Å²) in [4.78, 5) is 12.3. The molecule has 0 heterocycles. The summed E-state index contributed by atoms with van der Waals surface area (Å²) in [5.41, 5.74) is 2.69. The van der Waals surface area contributed by atoms with Gasteiger partial charge in [-0.2, -0.15) is 0 Å². The van der Waals surface area contributed by atoms with Crippen molar-refractivity contribution in [1.29, 1.82) is 0 Å². The predicted octanol–water partition coefficient (Wildman–Crippen LogP) is 2.95. The summed E-state index contributed by atoms with van der Waals surface area (Å²) in [5.74, 6) is -0.514. The Morgan fingerprint density at radius 1 is 1.00 bits per heavy atom. The van der Waals surface area contributed by atoms with E-state index in [9.17, 15) is 15.0 Å². The van der Waals surface area contributed by atoms with Crippen LogP contribution in [0.3, 0.4) is 0 Å². The number of carbonyl (C=O) groups is 1. The van der Waals surface area contributed by atoms with Gasteiger partial charge in [-0.3, -0.25) is 4.79 Å². The molecule has 0 saturated heterocycles. The Morgan fingerprint density at radius 2 is 1.72 bits per heavy atom. The quantitative estimate of drug-likeness (QED) is 0.796. The summed E-state index contributed by atoms with van der Waals surface area (Å²) >= 11 is 0. The van der Waals surface area contributed by atoms with E-state index in [1.165, 1.54) is 18.2 Å². The molecular weight excluding hydrogens is 228 g/mol. The number of rotatable bonds is 2.